The van der Waals surface area contributed by atoms with Gasteiger partial charge >= 0.3 is 0 Å². The highest BCUT2D eigenvalue weighted by atomic mass is 32.1. The molecule has 0 amide bonds. The zero-order valence-corrected chi connectivity index (χ0v) is 15.6. The molecule has 1 aliphatic rings. The average molecular weight is 393 g/mol. The monoisotopic (exact) mass is 393 g/mol. The molecule has 4 aromatic rings. The van der Waals surface area contributed by atoms with Gasteiger partial charge < -0.3 is 19.9 Å². The topological polar surface area (TPSA) is 97.3 Å². The number of nitrogens with two attached hydrogens (primary N) is 1. The summed E-state index contributed by atoms with van der Waals surface area (Å²) < 4.78 is 17.6. The lowest BCUT2D eigenvalue weighted by Crippen LogP contribution is -2.02. The third kappa shape index (κ3) is 2.72. The van der Waals surface area contributed by atoms with Crippen molar-refractivity contribution in [3.8, 4) is 44.9 Å². The van der Waals surface area contributed by atoms with Crippen LogP contribution < -0.4 is 19.9 Å². The molecule has 9 heteroatoms. The van der Waals surface area contributed by atoms with Gasteiger partial charge in [-0.1, -0.05) is 11.3 Å². The Labute approximate surface area is 164 Å². The Balaban J connectivity index is 1.49. The molecule has 0 fully saturated rings. The summed E-state index contributed by atoms with van der Waals surface area (Å²) in [4.78, 5) is 4.68. The van der Waals surface area contributed by atoms with Crippen LogP contribution in [0.3, 0.4) is 0 Å². The van der Waals surface area contributed by atoms with E-state index in [1.807, 2.05) is 47.8 Å². The summed E-state index contributed by atoms with van der Waals surface area (Å²) in [5, 5.41) is 11.1. The molecule has 8 nitrogen and oxygen atoms in total. The predicted octanol–water partition coefficient (Wildman–Crippen LogP) is 3.38. The molecule has 0 saturated heterocycles. The summed E-state index contributed by atoms with van der Waals surface area (Å²) in [5.74, 6) is 2.59. The maximum Gasteiger partial charge on any atom is 0.231 e. The first-order chi connectivity index (χ1) is 13.7. The van der Waals surface area contributed by atoms with Crippen LogP contribution in [0.5, 0.6) is 17.2 Å². The van der Waals surface area contributed by atoms with Gasteiger partial charge in [0, 0.05) is 17.0 Å². The van der Waals surface area contributed by atoms with E-state index in [0.717, 1.165) is 28.4 Å². The molecule has 2 aromatic heterocycles. The number of benzene rings is 2. The Morgan fingerprint density at radius 1 is 1.14 bits per heavy atom. The van der Waals surface area contributed by atoms with E-state index in [-0.39, 0.29) is 6.79 Å². The number of fused-ring (bicyclic) bond motifs is 1. The van der Waals surface area contributed by atoms with Crippen molar-refractivity contribution in [3.63, 3.8) is 0 Å². The standard InChI is InChI=1S/C19H15N5O3S/c1-25-13-4-2-3-12(8-13)24-18(20)17(22-23-24)19-21-14(9-28-19)11-5-6-15-16(7-11)27-10-26-15/h2-9H,10,20H2,1H3. The first-order valence-corrected chi connectivity index (χ1v) is 9.32. The Hall–Kier alpha value is -3.59. The van der Waals surface area contributed by atoms with Crippen molar-refractivity contribution in [2.75, 3.05) is 19.6 Å². The lowest BCUT2D eigenvalue weighted by Gasteiger charge is -2.05. The minimum absolute atomic E-state index is 0.241. The quantitative estimate of drug-likeness (QED) is 0.568. The Morgan fingerprint density at radius 2 is 2.04 bits per heavy atom. The maximum atomic E-state index is 6.31. The number of hydrogen-bond acceptors (Lipinski definition) is 8. The van der Waals surface area contributed by atoms with Crippen LogP contribution in [0.25, 0.3) is 27.6 Å². The van der Waals surface area contributed by atoms with Crippen LogP contribution in [-0.2, 0) is 0 Å². The second-order valence-corrected chi connectivity index (χ2v) is 6.90. The van der Waals surface area contributed by atoms with Crippen molar-refractivity contribution in [1.82, 2.24) is 20.0 Å². The van der Waals surface area contributed by atoms with Gasteiger partial charge in [-0.25, -0.2) is 4.98 Å². The van der Waals surface area contributed by atoms with E-state index in [1.54, 1.807) is 11.8 Å². The van der Waals surface area contributed by atoms with Crippen molar-refractivity contribution in [2.24, 2.45) is 0 Å². The number of thiazole rings is 1. The second kappa shape index (κ2) is 6.54. The van der Waals surface area contributed by atoms with Gasteiger partial charge in [-0.05, 0) is 30.3 Å². The van der Waals surface area contributed by atoms with E-state index in [0.29, 0.717) is 22.3 Å². The fraction of sp³-hybridized carbons (Fsp3) is 0.105. The van der Waals surface area contributed by atoms with Crippen LogP contribution in [-0.4, -0.2) is 33.9 Å². The highest BCUT2D eigenvalue weighted by Crippen LogP contribution is 2.37. The van der Waals surface area contributed by atoms with Gasteiger partial charge in [-0.3, -0.25) is 0 Å². The van der Waals surface area contributed by atoms with Gasteiger partial charge in [0.15, 0.2) is 23.0 Å². The first-order valence-electron chi connectivity index (χ1n) is 8.44. The molecule has 5 rings (SSSR count). The minimum atomic E-state index is 0.241. The first kappa shape index (κ1) is 16.6. The lowest BCUT2D eigenvalue weighted by atomic mass is 10.1. The second-order valence-electron chi connectivity index (χ2n) is 6.04. The summed E-state index contributed by atoms with van der Waals surface area (Å²) >= 11 is 1.46. The number of anilines is 1. The van der Waals surface area contributed by atoms with Gasteiger partial charge in [0.05, 0.1) is 18.5 Å². The van der Waals surface area contributed by atoms with Crippen LogP contribution in [0.1, 0.15) is 0 Å². The fourth-order valence-corrected chi connectivity index (χ4v) is 3.77. The summed E-state index contributed by atoms with van der Waals surface area (Å²) in [5.41, 5.74) is 9.37. The van der Waals surface area contributed by atoms with Crippen molar-refractivity contribution in [3.05, 3.63) is 47.8 Å². The van der Waals surface area contributed by atoms with Crippen molar-refractivity contribution < 1.29 is 14.2 Å². The Kier molecular flexibility index (Phi) is 3.87. The van der Waals surface area contributed by atoms with E-state index in [4.69, 9.17) is 19.9 Å². The Bertz CT molecular complexity index is 1170. The normalized spacial score (nSPS) is 12.3. The summed E-state index contributed by atoms with van der Waals surface area (Å²) in [6.07, 6.45) is 0. The molecule has 0 bridgehead atoms. The molecule has 0 aliphatic carbocycles. The molecule has 0 spiro atoms. The fourth-order valence-electron chi connectivity index (χ4n) is 2.95. The van der Waals surface area contributed by atoms with Gasteiger partial charge in [-0.15, -0.1) is 16.4 Å². The van der Waals surface area contributed by atoms with Crippen LogP contribution in [0.4, 0.5) is 5.82 Å². The molecule has 140 valence electrons. The van der Waals surface area contributed by atoms with Gasteiger partial charge in [-0.2, -0.15) is 4.68 Å². The van der Waals surface area contributed by atoms with Crippen molar-refractivity contribution in [2.45, 2.75) is 0 Å². The van der Waals surface area contributed by atoms with Crippen molar-refractivity contribution >= 4 is 17.2 Å². The van der Waals surface area contributed by atoms with Gasteiger partial charge in [0.2, 0.25) is 6.79 Å². The van der Waals surface area contributed by atoms with Crippen LogP contribution >= 0.6 is 11.3 Å². The molecule has 0 saturated carbocycles. The van der Waals surface area contributed by atoms with Crippen LogP contribution in [0, 0.1) is 0 Å². The highest BCUT2D eigenvalue weighted by Gasteiger charge is 2.19. The number of methoxy groups -OCH3 is 1. The molecular weight excluding hydrogens is 378 g/mol. The van der Waals surface area contributed by atoms with Crippen LogP contribution in [0.2, 0.25) is 0 Å². The van der Waals surface area contributed by atoms with E-state index >= 15 is 0 Å². The predicted molar refractivity (Wildman–Crippen MR) is 105 cm³/mol. The summed E-state index contributed by atoms with van der Waals surface area (Å²) in [7, 11) is 1.61. The molecule has 0 unspecified atom stereocenters. The highest BCUT2D eigenvalue weighted by molar-refractivity contribution is 7.13. The van der Waals surface area contributed by atoms with Gasteiger partial charge in [0.25, 0.3) is 0 Å². The molecule has 0 atom stereocenters. The largest absolute Gasteiger partial charge is 0.497 e. The third-order valence-corrected chi connectivity index (χ3v) is 5.23. The number of rotatable bonds is 4. The molecule has 28 heavy (non-hydrogen) atoms. The van der Waals surface area contributed by atoms with E-state index in [9.17, 15) is 0 Å². The third-order valence-electron chi connectivity index (χ3n) is 4.38. The van der Waals surface area contributed by atoms with E-state index < -0.39 is 0 Å². The molecule has 3 heterocycles. The molecular formula is C19H15N5O3S. The van der Waals surface area contributed by atoms with Gasteiger partial charge in [0.1, 0.15) is 10.8 Å². The molecule has 2 aromatic carbocycles. The zero-order chi connectivity index (χ0) is 19.1. The smallest absolute Gasteiger partial charge is 0.231 e. The number of nitrogen functional groups attached to an aromatic ring is 1. The summed E-state index contributed by atoms with van der Waals surface area (Å²) in [6.45, 7) is 0.241. The van der Waals surface area contributed by atoms with Crippen molar-refractivity contribution in [1.29, 1.82) is 0 Å². The number of ether oxygens (including phenoxy) is 3. The molecule has 2 N–H and O–H groups in total. The number of hydrogen-bond donors (Lipinski definition) is 1. The minimum Gasteiger partial charge on any atom is -0.497 e. The lowest BCUT2D eigenvalue weighted by molar-refractivity contribution is 0.174. The number of aromatic nitrogens is 4. The molecule has 0 radical (unpaired) electrons. The SMILES string of the molecule is COc1cccc(-n2nnc(-c3nc(-c4ccc5c(c4)OCO5)cs3)c2N)c1. The van der Waals surface area contributed by atoms with E-state index in [2.05, 4.69) is 15.3 Å². The van der Waals surface area contributed by atoms with Crippen LogP contribution in [0.15, 0.2) is 47.8 Å². The maximum absolute atomic E-state index is 6.31. The average Bonchev–Trinajstić information content (AvgIpc) is 3.46. The Morgan fingerprint density at radius 3 is 2.93 bits per heavy atom. The zero-order valence-electron chi connectivity index (χ0n) is 14.8. The van der Waals surface area contributed by atoms with E-state index in [1.165, 1.54) is 11.3 Å². The number of nitrogens with zero attached hydrogens (tertiary/aromatic N) is 4. The molecule has 1 aliphatic heterocycles. The summed E-state index contributed by atoms with van der Waals surface area (Å²) in [6, 6.07) is 13.2.